The van der Waals surface area contributed by atoms with E-state index in [1.54, 1.807) is 6.07 Å². The van der Waals surface area contributed by atoms with Crippen LogP contribution in [0.15, 0.2) is 30.3 Å². The zero-order valence-electron chi connectivity index (χ0n) is 16.1. The summed E-state index contributed by atoms with van der Waals surface area (Å²) in [6.07, 6.45) is 2.30. The topological polar surface area (TPSA) is 78.4 Å². The molecule has 0 bridgehead atoms. The van der Waals surface area contributed by atoms with Crippen molar-refractivity contribution in [2.45, 2.75) is 26.3 Å². The second-order valence-corrected chi connectivity index (χ2v) is 6.90. The second-order valence-electron chi connectivity index (χ2n) is 6.90. The fraction of sp³-hybridized carbons (Fsp3) is 0.400. The smallest absolute Gasteiger partial charge is 0.257 e. The number of anilines is 1. The van der Waals surface area contributed by atoms with Crippen LogP contribution >= 0.6 is 0 Å². The molecule has 0 spiro atoms. The number of aromatic nitrogens is 2. The van der Waals surface area contributed by atoms with Gasteiger partial charge in [-0.3, -0.25) is 9.59 Å². The average Bonchev–Trinajstić information content (AvgIpc) is 3.21. The number of nitrogens with zero attached hydrogens (tertiary/aromatic N) is 4. The van der Waals surface area contributed by atoms with Crippen LogP contribution in [0.1, 0.15) is 34.7 Å². The van der Waals surface area contributed by atoms with E-state index in [-0.39, 0.29) is 24.6 Å². The molecule has 2 heterocycles. The Morgan fingerprint density at radius 2 is 1.93 bits per heavy atom. The summed E-state index contributed by atoms with van der Waals surface area (Å²) in [5.41, 5.74) is 0.781. The molecule has 1 N–H and O–H groups in total. The molecule has 28 heavy (non-hydrogen) atoms. The van der Waals surface area contributed by atoms with Gasteiger partial charge in [-0.1, -0.05) is 12.1 Å². The maximum atomic E-state index is 13.7. The van der Waals surface area contributed by atoms with E-state index >= 15 is 0 Å². The van der Waals surface area contributed by atoms with Crippen molar-refractivity contribution in [3.05, 3.63) is 53.2 Å². The number of likely N-dealkylation sites (N-methyl/N-ethyl adjacent to an activating group) is 1. The summed E-state index contributed by atoms with van der Waals surface area (Å²) in [4.78, 5) is 36.8. The second kappa shape index (κ2) is 8.77. The molecule has 0 radical (unpaired) electrons. The number of halogens is 1. The lowest BCUT2D eigenvalue weighted by molar-refractivity contribution is -0.121. The van der Waals surface area contributed by atoms with Gasteiger partial charge in [-0.15, -0.1) is 0 Å². The molecule has 3 rings (SSSR count). The molecule has 8 heteroatoms. The van der Waals surface area contributed by atoms with Crippen LogP contribution in [-0.4, -0.2) is 53.4 Å². The van der Waals surface area contributed by atoms with Gasteiger partial charge < -0.3 is 15.1 Å². The van der Waals surface area contributed by atoms with Gasteiger partial charge in [0.2, 0.25) is 5.91 Å². The van der Waals surface area contributed by atoms with Crippen molar-refractivity contribution in [2.24, 2.45) is 0 Å². The molecule has 1 saturated heterocycles. The first-order valence-electron chi connectivity index (χ1n) is 9.30. The largest absolute Gasteiger partial charge is 0.357 e. The van der Waals surface area contributed by atoms with Crippen molar-refractivity contribution >= 4 is 17.6 Å². The first-order chi connectivity index (χ1) is 13.4. The van der Waals surface area contributed by atoms with E-state index in [9.17, 15) is 14.0 Å². The standard InChI is InChI=1S/C20H24FN5O2/c1-14-11-18(26-9-5-6-10-26)24-17(23-14)12-22-19(27)13-25(2)20(28)15-7-3-4-8-16(15)21/h3-4,7-8,11H,5-6,9-10,12-13H2,1-2H3,(H,22,27). The summed E-state index contributed by atoms with van der Waals surface area (Å²) >= 11 is 0. The minimum atomic E-state index is -0.609. The highest BCUT2D eigenvalue weighted by atomic mass is 19.1. The third kappa shape index (κ3) is 4.82. The lowest BCUT2D eigenvalue weighted by Crippen LogP contribution is -2.38. The Morgan fingerprint density at radius 1 is 1.21 bits per heavy atom. The zero-order valence-corrected chi connectivity index (χ0v) is 16.1. The van der Waals surface area contributed by atoms with E-state index in [0.29, 0.717) is 5.82 Å². The molecule has 2 aromatic rings. The van der Waals surface area contributed by atoms with Crippen molar-refractivity contribution in [3.63, 3.8) is 0 Å². The summed E-state index contributed by atoms with van der Waals surface area (Å²) in [5.74, 6) is -0.113. The van der Waals surface area contributed by atoms with Crippen molar-refractivity contribution in [2.75, 3.05) is 31.6 Å². The minimum Gasteiger partial charge on any atom is -0.357 e. The summed E-state index contributed by atoms with van der Waals surface area (Å²) in [5, 5.41) is 2.73. The Labute approximate surface area is 163 Å². The van der Waals surface area contributed by atoms with Gasteiger partial charge in [0.05, 0.1) is 18.7 Å². The van der Waals surface area contributed by atoms with Gasteiger partial charge in [0, 0.05) is 31.9 Å². The lowest BCUT2D eigenvalue weighted by Gasteiger charge is -2.18. The molecule has 0 saturated carbocycles. The monoisotopic (exact) mass is 385 g/mol. The predicted molar refractivity (Wildman–Crippen MR) is 103 cm³/mol. The molecule has 0 atom stereocenters. The molecule has 0 unspecified atom stereocenters. The van der Waals surface area contributed by atoms with E-state index < -0.39 is 11.7 Å². The summed E-state index contributed by atoms with van der Waals surface area (Å²) in [6.45, 7) is 3.84. The van der Waals surface area contributed by atoms with Gasteiger partial charge in [0.25, 0.3) is 5.91 Å². The number of amides is 2. The van der Waals surface area contributed by atoms with Crippen molar-refractivity contribution in [1.29, 1.82) is 0 Å². The molecule has 2 amide bonds. The highest BCUT2D eigenvalue weighted by Gasteiger charge is 2.19. The van der Waals surface area contributed by atoms with Crippen LogP contribution in [0.4, 0.5) is 10.2 Å². The number of carbonyl (C=O) groups excluding carboxylic acids is 2. The third-order valence-corrected chi connectivity index (χ3v) is 4.59. The van der Waals surface area contributed by atoms with Crippen LogP contribution in [0, 0.1) is 12.7 Å². The maximum Gasteiger partial charge on any atom is 0.257 e. The third-order valence-electron chi connectivity index (χ3n) is 4.59. The molecule has 7 nitrogen and oxygen atoms in total. The van der Waals surface area contributed by atoms with E-state index in [2.05, 4.69) is 20.2 Å². The molecular weight excluding hydrogens is 361 g/mol. The minimum absolute atomic E-state index is 0.0601. The predicted octanol–water partition coefficient (Wildman–Crippen LogP) is 1.91. The van der Waals surface area contributed by atoms with Gasteiger partial charge in [-0.05, 0) is 31.9 Å². The van der Waals surface area contributed by atoms with Crippen LogP contribution in [0.2, 0.25) is 0 Å². The Bertz CT molecular complexity index is 867. The number of hydrogen-bond acceptors (Lipinski definition) is 5. The first kappa shape index (κ1) is 19.7. The number of carbonyl (C=O) groups is 2. The molecule has 1 aliphatic heterocycles. The highest BCUT2D eigenvalue weighted by molar-refractivity contribution is 5.96. The van der Waals surface area contributed by atoms with Crippen LogP contribution < -0.4 is 10.2 Å². The zero-order chi connectivity index (χ0) is 20.1. The van der Waals surface area contributed by atoms with Crippen molar-refractivity contribution < 1.29 is 14.0 Å². The fourth-order valence-corrected chi connectivity index (χ4v) is 3.16. The summed E-state index contributed by atoms with van der Waals surface area (Å²) in [7, 11) is 1.46. The summed E-state index contributed by atoms with van der Waals surface area (Å²) < 4.78 is 13.7. The quantitative estimate of drug-likeness (QED) is 0.822. The van der Waals surface area contributed by atoms with E-state index in [1.807, 2.05) is 13.0 Å². The van der Waals surface area contributed by atoms with Gasteiger partial charge in [0.1, 0.15) is 17.5 Å². The van der Waals surface area contributed by atoms with Gasteiger partial charge in [0.15, 0.2) is 0 Å². The fourth-order valence-electron chi connectivity index (χ4n) is 3.16. The van der Waals surface area contributed by atoms with E-state index in [1.165, 1.54) is 30.1 Å². The van der Waals surface area contributed by atoms with Crippen LogP contribution in [0.3, 0.4) is 0 Å². The average molecular weight is 385 g/mol. The number of aryl methyl sites for hydroxylation is 1. The Balaban J connectivity index is 1.57. The number of rotatable bonds is 6. The SMILES string of the molecule is Cc1cc(N2CCCC2)nc(CNC(=O)CN(C)C(=O)c2ccccc2F)n1. The molecule has 148 valence electrons. The molecule has 0 aliphatic carbocycles. The van der Waals surface area contributed by atoms with Crippen LogP contribution in [-0.2, 0) is 11.3 Å². The first-order valence-corrected chi connectivity index (χ1v) is 9.30. The Morgan fingerprint density at radius 3 is 2.64 bits per heavy atom. The van der Waals surface area contributed by atoms with Crippen molar-refractivity contribution in [3.8, 4) is 0 Å². The van der Waals surface area contributed by atoms with Gasteiger partial charge in [-0.25, -0.2) is 14.4 Å². The highest BCUT2D eigenvalue weighted by Crippen LogP contribution is 2.18. The molecule has 1 fully saturated rings. The van der Waals surface area contributed by atoms with Gasteiger partial charge >= 0.3 is 0 Å². The molecule has 1 aromatic heterocycles. The Kier molecular flexibility index (Phi) is 6.18. The van der Waals surface area contributed by atoms with Crippen LogP contribution in [0.5, 0.6) is 0 Å². The lowest BCUT2D eigenvalue weighted by atomic mass is 10.2. The number of benzene rings is 1. The summed E-state index contributed by atoms with van der Waals surface area (Å²) in [6, 6.07) is 7.65. The maximum absolute atomic E-state index is 13.7. The molecular formula is C20H24FN5O2. The number of hydrogen-bond donors (Lipinski definition) is 1. The van der Waals surface area contributed by atoms with E-state index in [4.69, 9.17) is 0 Å². The van der Waals surface area contributed by atoms with Crippen molar-refractivity contribution in [1.82, 2.24) is 20.2 Å². The van der Waals surface area contributed by atoms with E-state index in [0.717, 1.165) is 37.4 Å². The Hall–Kier alpha value is -3.03. The van der Waals surface area contributed by atoms with Crippen LogP contribution in [0.25, 0.3) is 0 Å². The molecule has 1 aromatic carbocycles. The number of nitrogens with one attached hydrogen (secondary N) is 1. The molecule has 1 aliphatic rings. The normalized spacial score (nSPS) is 13.5. The van der Waals surface area contributed by atoms with Gasteiger partial charge in [-0.2, -0.15) is 0 Å².